The summed E-state index contributed by atoms with van der Waals surface area (Å²) in [4.78, 5) is 12.8. The smallest absolute Gasteiger partial charge is 0.319 e. The molecule has 2 aromatic rings. The SMILES string of the molecule is C=C(C)COc1cccc(NC(=O)NCC(C)(O)c2cccs2)c1. The summed E-state index contributed by atoms with van der Waals surface area (Å²) in [7, 11) is 0. The van der Waals surface area contributed by atoms with Crippen LogP contribution in [0.15, 0.2) is 53.9 Å². The van der Waals surface area contributed by atoms with Gasteiger partial charge in [-0.05, 0) is 43.0 Å². The number of thiophene rings is 1. The van der Waals surface area contributed by atoms with Gasteiger partial charge in [-0.25, -0.2) is 4.79 Å². The number of nitrogens with one attached hydrogen (secondary N) is 2. The predicted octanol–water partition coefficient (Wildman–Crippen LogP) is 3.73. The van der Waals surface area contributed by atoms with E-state index < -0.39 is 5.60 Å². The van der Waals surface area contributed by atoms with Gasteiger partial charge in [-0.2, -0.15) is 0 Å². The Hall–Kier alpha value is -2.31. The van der Waals surface area contributed by atoms with Gasteiger partial charge in [0.1, 0.15) is 18.0 Å². The van der Waals surface area contributed by atoms with Crippen molar-refractivity contribution in [2.45, 2.75) is 19.4 Å². The molecular weight excluding hydrogens is 324 g/mol. The second-order valence-corrected chi connectivity index (χ2v) is 6.78. The highest BCUT2D eigenvalue weighted by molar-refractivity contribution is 7.10. The number of hydrogen-bond acceptors (Lipinski definition) is 4. The van der Waals surface area contributed by atoms with E-state index in [0.717, 1.165) is 10.5 Å². The van der Waals surface area contributed by atoms with Crippen LogP contribution < -0.4 is 15.4 Å². The fraction of sp³-hybridized carbons (Fsp3) is 0.278. The van der Waals surface area contributed by atoms with E-state index in [0.29, 0.717) is 18.0 Å². The van der Waals surface area contributed by atoms with Gasteiger partial charge in [0.25, 0.3) is 0 Å². The van der Waals surface area contributed by atoms with Crippen molar-refractivity contribution in [2.24, 2.45) is 0 Å². The summed E-state index contributed by atoms with van der Waals surface area (Å²) in [6, 6.07) is 10.4. The summed E-state index contributed by atoms with van der Waals surface area (Å²) in [5.74, 6) is 0.654. The number of hydrogen-bond donors (Lipinski definition) is 3. The number of ether oxygens (including phenoxy) is 1. The number of urea groups is 1. The number of rotatable bonds is 7. The third-order valence-corrected chi connectivity index (χ3v) is 4.35. The summed E-state index contributed by atoms with van der Waals surface area (Å²) in [5, 5.41) is 17.7. The second-order valence-electron chi connectivity index (χ2n) is 5.83. The van der Waals surface area contributed by atoms with Gasteiger partial charge >= 0.3 is 6.03 Å². The molecule has 6 heteroatoms. The van der Waals surface area contributed by atoms with Crippen molar-refractivity contribution < 1.29 is 14.6 Å². The number of amides is 2. The van der Waals surface area contributed by atoms with E-state index in [1.165, 1.54) is 11.3 Å². The van der Waals surface area contributed by atoms with Crippen LogP contribution in [0.4, 0.5) is 10.5 Å². The minimum absolute atomic E-state index is 0.116. The normalized spacial score (nSPS) is 13.0. The highest BCUT2D eigenvalue weighted by Crippen LogP contribution is 2.24. The maximum absolute atomic E-state index is 12.0. The summed E-state index contributed by atoms with van der Waals surface area (Å²) >= 11 is 1.45. The average molecular weight is 346 g/mol. The lowest BCUT2D eigenvalue weighted by atomic mass is 10.1. The van der Waals surface area contributed by atoms with E-state index in [9.17, 15) is 9.90 Å². The van der Waals surface area contributed by atoms with Crippen molar-refractivity contribution in [3.8, 4) is 5.75 Å². The first-order chi connectivity index (χ1) is 11.4. The molecule has 2 amide bonds. The fourth-order valence-corrected chi connectivity index (χ4v) is 2.76. The Balaban J connectivity index is 1.88. The number of anilines is 1. The van der Waals surface area contributed by atoms with Crippen LogP contribution in [0.25, 0.3) is 0 Å². The highest BCUT2D eigenvalue weighted by atomic mass is 32.1. The summed E-state index contributed by atoms with van der Waals surface area (Å²) < 4.78 is 5.54. The summed E-state index contributed by atoms with van der Waals surface area (Å²) in [6.07, 6.45) is 0. The number of benzene rings is 1. The molecule has 0 aliphatic rings. The standard InChI is InChI=1S/C18H22N2O3S/c1-13(2)11-23-15-7-4-6-14(10-15)20-17(21)19-12-18(3,22)16-8-5-9-24-16/h4-10,22H,1,11-12H2,2-3H3,(H2,19,20,21). The Morgan fingerprint density at radius 2 is 2.17 bits per heavy atom. The zero-order valence-corrected chi connectivity index (χ0v) is 14.7. The molecule has 0 bridgehead atoms. The lowest BCUT2D eigenvalue weighted by molar-refractivity contribution is 0.0637. The summed E-state index contributed by atoms with van der Waals surface area (Å²) in [5.41, 5.74) is 0.433. The van der Waals surface area contributed by atoms with Crippen LogP contribution in [0.3, 0.4) is 0 Å². The van der Waals surface area contributed by atoms with E-state index in [1.54, 1.807) is 25.1 Å². The first-order valence-electron chi connectivity index (χ1n) is 7.55. The van der Waals surface area contributed by atoms with Gasteiger partial charge in [-0.15, -0.1) is 11.3 Å². The third kappa shape index (κ3) is 5.40. The molecule has 1 unspecified atom stereocenters. The Morgan fingerprint density at radius 3 is 2.83 bits per heavy atom. The van der Waals surface area contributed by atoms with Gasteiger partial charge in [-0.1, -0.05) is 18.7 Å². The molecule has 0 aliphatic carbocycles. The average Bonchev–Trinajstić information content (AvgIpc) is 3.07. The first kappa shape index (κ1) is 18.0. The van der Waals surface area contributed by atoms with Gasteiger partial charge in [0.2, 0.25) is 0 Å². The quantitative estimate of drug-likeness (QED) is 0.669. The van der Waals surface area contributed by atoms with Crippen LogP contribution in [0.2, 0.25) is 0 Å². The molecule has 1 atom stereocenters. The molecule has 0 spiro atoms. The molecule has 0 aliphatic heterocycles. The number of carbonyl (C=O) groups excluding carboxylic acids is 1. The molecule has 0 fully saturated rings. The Labute approximate surface area is 146 Å². The van der Waals surface area contributed by atoms with Crippen molar-refractivity contribution >= 4 is 23.1 Å². The largest absolute Gasteiger partial charge is 0.489 e. The first-order valence-corrected chi connectivity index (χ1v) is 8.43. The maximum Gasteiger partial charge on any atom is 0.319 e. The van der Waals surface area contributed by atoms with E-state index in [4.69, 9.17) is 4.74 Å². The fourth-order valence-electron chi connectivity index (χ4n) is 1.97. The lowest BCUT2D eigenvalue weighted by Gasteiger charge is -2.22. The van der Waals surface area contributed by atoms with Crippen LogP contribution >= 0.6 is 11.3 Å². The molecule has 5 nitrogen and oxygen atoms in total. The zero-order chi connectivity index (χ0) is 17.6. The van der Waals surface area contributed by atoms with Crippen LogP contribution in [-0.2, 0) is 5.60 Å². The van der Waals surface area contributed by atoms with Crippen LogP contribution in [0.5, 0.6) is 5.75 Å². The molecule has 1 aromatic heterocycles. The monoisotopic (exact) mass is 346 g/mol. The third-order valence-electron chi connectivity index (χ3n) is 3.22. The van der Waals surface area contributed by atoms with Crippen LogP contribution in [0, 0.1) is 0 Å². The van der Waals surface area contributed by atoms with Crippen molar-refractivity contribution in [3.63, 3.8) is 0 Å². The molecule has 128 valence electrons. The Bertz CT molecular complexity index is 696. The van der Waals surface area contributed by atoms with E-state index >= 15 is 0 Å². The van der Waals surface area contributed by atoms with Crippen molar-refractivity contribution in [2.75, 3.05) is 18.5 Å². The molecular formula is C18H22N2O3S. The maximum atomic E-state index is 12.0. The minimum Gasteiger partial charge on any atom is -0.489 e. The molecule has 24 heavy (non-hydrogen) atoms. The van der Waals surface area contributed by atoms with Crippen molar-refractivity contribution in [1.29, 1.82) is 0 Å². The molecule has 0 saturated carbocycles. The molecule has 0 radical (unpaired) electrons. The van der Waals surface area contributed by atoms with E-state index in [1.807, 2.05) is 30.5 Å². The van der Waals surface area contributed by atoms with Gasteiger partial charge in [0.05, 0.1) is 6.54 Å². The lowest BCUT2D eigenvalue weighted by Crippen LogP contribution is -2.40. The highest BCUT2D eigenvalue weighted by Gasteiger charge is 2.24. The molecule has 1 heterocycles. The number of aliphatic hydroxyl groups is 1. The van der Waals surface area contributed by atoms with Gasteiger partial charge in [0, 0.05) is 16.6 Å². The van der Waals surface area contributed by atoms with Gasteiger partial charge < -0.3 is 20.5 Å². The Kier molecular flexibility index (Phi) is 6.00. The van der Waals surface area contributed by atoms with Gasteiger partial charge in [0.15, 0.2) is 0 Å². The molecule has 3 N–H and O–H groups in total. The zero-order valence-electron chi connectivity index (χ0n) is 13.8. The topological polar surface area (TPSA) is 70.6 Å². The van der Waals surface area contributed by atoms with Crippen LogP contribution in [0.1, 0.15) is 18.7 Å². The number of carbonyl (C=O) groups is 1. The summed E-state index contributed by atoms with van der Waals surface area (Å²) in [6.45, 7) is 7.88. The minimum atomic E-state index is -1.10. The molecule has 0 saturated heterocycles. The molecule has 1 aromatic carbocycles. The Morgan fingerprint density at radius 1 is 1.38 bits per heavy atom. The molecule has 2 rings (SSSR count). The predicted molar refractivity (Wildman–Crippen MR) is 97.7 cm³/mol. The van der Waals surface area contributed by atoms with Crippen LogP contribution in [-0.4, -0.2) is 24.3 Å². The van der Waals surface area contributed by atoms with E-state index in [-0.39, 0.29) is 12.6 Å². The van der Waals surface area contributed by atoms with Crippen molar-refractivity contribution in [1.82, 2.24) is 5.32 Å². The van der Waals surface area contributed by atoms with Crippen molar-refractivity contribution in [3.05, 3.63) is 58.8 Å². The second kappa shape index (κ2) is 7.99. The van der Waals surface area contributed by atoms with E-state index in [2.05, 4.69) is 17.2 Å². The van der Waals surface area contributed by atoms with Gasteiger partial charge in [-0.3, -0.25) is 0 Å².